The first-order valence-electron chi connectivity index (χ1n) is 7.91. The second-order valence-electron chi connectivity index (χ2n) is 4.81. The Balaban J connectivity index is 0.00000106. The van der Waals surface area contributed by atoms with Crippen molar-refractivity contribution in [3.63, 3.8) is 0 Å². The molecule has 112 valence electrons. The molecule has 1 aromatic heterocycles. The summed E-state index contributed by atoms with van der Waals surface area (Å²) in [5.74, 6) is 0.517. The summed E-state index contributed by atoms with van der Waals surface area (Å²) in [6.07, 6.45) is 11.8. The molecule has 0 saturated carbocycles. The van der Waals surface area contributed by atoms with Crippen molar-refractivity contribution < 1.29 is 0 Å². The number of hydrogen-bond donors (Lipinski definition) is 0. The molecule has 0 saturated heterocycles. The number of benzene rings is 1. The smallest absolute Gasteiger partial charge is 0.0737 e. The van der Waals surface area contributed by atoms with Gasteiger partial charge in [0.1, 0.15) is 0 Å². The molecule has 0 amide bonds. The van der Waals surface area contributed by atoms with Crippen LogP contribution in [0.3, 0.4) is 0 Å². The quantitative estimate of drug-likeness (QED) is 0.609. The van der Waals surface area contributed by atoms with Crippen molar-refractivity contribution in [1.29, 1.82) is 0 Å². The van der Waals surface area contributed by atoms with Crippen LogP contribution < -0.4 is 0 Å². The first kappa shape index (κ1) is 17.2. The van der Waals surface area contributed by atoms with Crippen LogP contribution in [0.2, 0.25) is 0 Å². The van der Waals surface area contributed by atoms with Gasteiger partial charge in [-0.3, -0.25) is 4.98 Å². The molecule has 1 nitrogen and oxygen atoms in total. The zero-order valence-corrected chi connectivity index (χ0v) is 13.9. The highest BCUT2D eigenvalue weighted by Crippen LogP contribution is 2.21. The normalized spacial score (nSPS) is 12.6. The van der Waals surface area contributed by atoms with Crippen molar-refractivity contribution in [1.82, 2.24) is 4.98 Å². The lowest BCUT2D eigenvalue weighted by Crippen LogP contribution is -1.90. The van der Waals surface area contributed by atoms with Crippen molar-refractivity contribution in [2.24, 2.45) is 5.92 Å². The lowest BCUT2D eigenvalue weighted by atomic mass is 10.0. The van der Waals surface area contributed by atoms with Gasteiger partial charge in [-0.25, -0.2) is 0 Å². The van der Waals surface area contributed by atoms with Crippen molar-refractivity contribution >= 4 is 17.0 Å². The second kappa shape index (κ2) is 9.12. The van der Waals surface area contributed by atoms with Gasteiger partial charge in [0, 0.05) is 11.6 Å². The van der Waals surface area contributed by atoms with E-state index < -0.39 is 0 Å². The van der Waals surface area contributed by atoms with E-state index in [4.69, 9.17) is 0 Å². The van der Waals surface area contributed by atoms with Gasteiger partial charge >= 0.3 is 0 Å². The van der Waals surface area contributed by atoms with Crippen LogP contribution in [0.15, 0.2) is 48.7 Å². The minimum Gasteiger partial charge on any atom is -0.256 e. The van der Waals surface area contributed by atoms with E-state index in [1.54, 1.807) is 0 Å². The topological polar surface area (TPSA) is 12.9 Å². The minimum absolute atomic E-state index is 0.517. The number of aryl methyl sites for hydroxylation is 1. The summed E-state index contributed by atoms with van der Waals surface area (Å²) in [4.78, 5) is 4.48. The molecule has 1 aromatic carbocycles. The molecule has 0 aliphatic heterocycles. The molecule has 1 heteroatoms. The third-order valence-corrected chi connectivity index (χ3v) is 3.50. The molecule has 0 aliphatic rings. The van der Waals surface area contributed by atoms with Crippen LogP contribution in [0, 0.1) is 12.8 Å². The van der Waals surface area contributed by atoms with Gasteiger partial charge in [0.25, 0.3) is 0 Å². The molecule has 21 heavy (non-hydrogen) atoms. The van der Waals surface area contributed by atoms with Crippen LogP contribution in [0.4, 0.5) is 0 Å². The van der Waals surface area contributed by atoms with Crippen LogP contribution in [0.1, 0.15) is 45.2 Å². The standard InChI is InChI=1S/C18H21N.C2H6/c1-4-7-15(5-2)9-10-16-11-12-17-8-6-13-19-18(17)14(16)3;1-2/h4,6-13,15H,5H2,1-3H3;1-2H3/b7-4-,10-9-;. The third kappa shape index (κ3) is 4.56. The highest BCUT2D eigenvalue weighted by molar-refractivity contribution is 5.84. The Labute approximate surface area is 129 Å². The van der Waals surface area contributed by atoms with Crippen molar-refractivity contribution in [2.45, 2.75) is 41.0 Å². The van der Waals surface area contributed by atoms with E-state index in [9.17, 15) is 0 Å². The second-order valence-corrected chi connectivity index (χ2v) is 4.81. The highest BCUT2D eigenvalue weighted by atomic mass is 14.6. The van der Waals surface area contributed by atoms with E-state index in [0.717, 1.165) is 11.9 Å². The molecule has 1 unspecified atom stereocenters. The first-order valence-corrected chi connectivity index (χ1v) is 7.91. The Morgan fingerprint density at radius 1 is 1.14 bits per heavy atom. The zero-order chi connectivity index (χ0) is 15.7. The fourth-order valence-corrected chi connectivity index (χ4v) is 2.30. The van der Waals surface area contributed by atoms with Crippen molar-refractivity contribution in [3.8, 4) is 0 Å². The van der Waals surface area contributed by atoms with E-state index in [2.05, 4.69) is 68.3 Å². The summed E-state index contributed by atoms with van der Waals surface area (Å²) in [5, 5.41) is 1.21. The van der Waals surface area contributed by atoms with E-state index in [1.165, 1.54) is 16.5 Å². The summed E-state index contributed by atoms with van der Waals surface area (Å²) in [5.41, 5.74) is 3.61. The summed E-state index contributed by atoms with van der Waals surface area (Å²) >= 11 is 0. The van der Waals surface area contributed by atoms with E-state index >= 15 is 0 Å². The van der Waals surface area contributed by atoms with Crippen LogP contribution in [0.25, 0.3) is 17.0 Å². The van der Waals surface area contributed by atoms with Gasteiger partial charge in [-0.2, -0.15) is 0 Å². The van der Waals surface area contributed by atoms with E-state index in [-0.39, 0.29) is 0 Å². The predicted molar refractivity (Wildman–Crippen MR) is 95.5 cm³/mol. The molecule has 0 bridgehead atoms. The average Bonchev–Trinajstić information content (AvgIpc) is 2.55. The molecule has 0 aliphatic carbocycles. The highest BCUT2D eigenvalue weighted by Gasteiger charge is 2.02. The molecule has 0 fully saturated rings. The Morgan fingerprint density at radius 2 is 1.90 bits per heavy atom. The van der Waals surface area contributed by atoms with E-state index in [1.807, 2.05) is 26.1 Å². The van der Waals surface area contributed by atoms with Crippen LogP contribution in [0.5, 0.6) is 0 Å². The maximum atomic E-state index is 4.48. The predicted octanol–water partition coefficient (Wildman–Crippen LogP) is 6.18. The lowest BCUT2D eigenvalue weighted by molar-refractivity contribution is 0.776. The number of allylic oxidation sites excluding steroid dienone is 3. The number of fused-ring (bicyclic) bond motifs is 1. The fraction of sp³-hybridized carbons (Fsp3) is 0.350. The number of pyridine rings is 1. The molecular formula is C20H27N. The van der Waals surface area contributed by atoms with Crippen molar-refractivity contribution in [3.05, 3.63) is 59.8 Å². The van der Waals surface area contributed by atoms with Crippen LogP contribution in [-0.4, -0.2) is 4.98 Å². The van der Waals surface area contributed by atoms with Gasteiger partial charge in [-0.15, -0.1) is 0 Å². The molecule has 0 N–H and O–H groups in total. The molecule has 0 radical (unpaired) electrons. The Kier molecular flexibility index (Phi) is 7.45. The molecule has 2 rings (SSSR count). The molecule has 1 atom stereocenters. The van der Waals surface area contributed by atoms with Gasteiger partial charge in [0.05, 0.1) is 5.52 Å². The Hall–Kier alpha value is -1.89. The fourth-order valence-electron chi connectivity index (χ4n) is 2.30. The van der Waals surface area contributed by atoms with Crippen LogP contribution in [-0.2, 0) is 0 Å². The number of rotatable bonds is 4. The van der Waals surface area contributed by atoms with Crippen LogP contribution >= 0.6 is 0 Å². The molecule has 0 spiro atoms. The van der Waals surface area contributed by atoms with Gasteiger partial charge in [-0.05, 0) is 43.4 Å². The third-order valence-electron chi connectivity index (χ3n) is 3.50. The van der Waals surface area contributed by atoms with E-state index in [0.29, 0.717) is 5.92 Å². The average molecular weight is 281 g/mol. The zero-order valence-electron chi connectivity index (χ0n) is 13.9. The summed E-state index contributed by atoms with van der Waals surface area (Å²) in [7, 11) is 0. The summed E-state index contributed by atoms with van der Waals surface area (Å²) in [6.45, 7) is 10.4. The monoisotopic (exact) mass is 281 g/mol. The van der Waals surface area contributed by atoms with Gasteiger partial charge < -0.3 is 0 Å². The van der Waals surface area contributed by atoms with Gasteiger partial charge in [-0.1, -0.05) is 63.3 Å². The van der Waals surface area contributed by atoms with Crippen molar-refractivity contribution in [2.75, 3.05) is 0 Å². The van der Waals surface area contributed by atoms with Gasteiger partial charge in [0.15, 0.2) is 0 Å². The lowest BCUT2D eigenvalue weighted by Gasteiger charge is -2.06. The SMILES string of the molecule is C/C=C\C(/C=C\c1ccc2cccnc2c1C)CC.CC. The largest absolute Gasteiger partial charge is 0.256 e. The summed E-state index contributed by atoms with van der Waals surface area (Å²) < 4.78 is 0. The Morgan fingerprint density at radius 3 is 2.57 bits per heavy atom. The first-order chi connectivity index (χ1) is 10.3. The number of hydrogen-bond acceptors (Lipinski definition) is 1. The summed E-state index contributed by atoms with van der Waals surface area (Å²) in [6, 6.07) is 8.41. The maximum absolute atomic E-state index is 4.48. The van der Waals surface area contributed by atoms with Gasteiger partial charge in [0.2, 0.25) is 0 Å². The molecule has 1 heterocycles. The Bertz CT molecular complexity index is 608. The molecular weight excluding hydrogens is 254 g/mol. The molecule has 2 aromatic rings. The minimum atomic E-state index is 0.517. The number of nitrogens with zero attached hydrogens (tertiary/aromatic N) is 1. The maximum Gasteiger partial charge on any atom is 0.0737 e. The number of aromatic nitrogens is 1.